The van der Waals surface area contributed by atoms with Crippen LogP contribution >= 0.6 is 0 Å². The number of hydrogen-bond donors (Lipinski definition) is 0. The van der Waals surface area contributed by atoms with Gasteiger partial charge in [-0.2, -0.15) is 8.78 Å². The molecule has 1 amide bonds. The highest BCUT2D eigenvalue weighted by Gasteiger charge is 2.27. The van der Waals surface area contributed by atoms with Gasteiger partial charge in [0.25, 0.3) is 5.91 Å². The van der Waals surface area contributed by atoms with Crippen LogP contribution in [0.15, 0.2) is 89.8 Å². The molecule has 0 aromatic heterocycles. The molecule has 7 heteroatoms. The highest BCUT2D eigenvalue weighted by molar-refractivity contribution is 7.91. The van der Waals surface area contributed by atoms with Crippen molar-refractivity contribution in [2.45, 2.75) is 23.7 Å². The monoisotopic (exact) mass is 415 g/mol. The van der Waals surface area contributed by atoms with E-state index in [1.165, 1.54) is 12.1 Å². The molecule has 0 N–H and O–H groups in total. The van der Waals surface area contributed by atoms with Crippen LogP contribution in [-0.4, -0.2) is 25.0 Å². The third kappa shape index (κ3) is 5.06. The summed E-state index contributed by atoms with van der Waals surface area (Å²) in [7, 11) is -4.69. The molecule has 0 fully saturated rings. The normalized spacial score (nSPS) is 11.4. The predicted octanol–water partition coefficient (Wildman–Crippen LogP) is 4.53. The predicted molar refractivity (Wildman–Crippen MR) is 106 cm³/mol. The van der Waals surface area contributed by atoms with E-state index in [1.807, 2.05) is 60.7 Å². The summed E-state index contributed by atoms with van der Waals surface area (Å²) in [6, 6.07) is 23.5. The van der Waals surface area contributed by atoms with Crippen molar-refractivity contribution in [2.24, 2.45) is 0 Å². The van der Waals surface area contributed by atoms with Crippen molar-refractivity contribution in [1.82, 2.24) is 4.90 Å². The van der Waals surface area contributed by atoms with Crippen LogP contribution in [-0.2, 0) is 22.9 Å². The number of hydrogen-bond acceptors (Lipinski definition) is 3. The fourth-order valence-electron chi connectivity index (χ4n) is 2.88. The van der Waals surface area contributed by atoms with Gasteiger partial charge in [0.05, 0.1) is 4.90 Å². The van der Waals surface area contributed by atoms with Crippen LogP contribution in [0.3, 0.4) is 0 Å². The molecule has 0 aliphatic heterocycles. The molecule has 0 saturated carbocycles. The Bertz CT molecular complexity index is 1010. The number of carbonyl (C=O) groups is 1. The van der Waals surface area contributed by atoms with Gasteiger partial charge in [0.1, 0.15) is 0 Å². The van der Waals surface area contributed by atoms with E-state index in [-0.39, 0.29) is 11.5 Å². The minimum atomic E-state index is -4.69. The van der Waals surface area contributed by atoms with Gasteiger partial charge in [-0.1, -0.05) is 60.7 Å². The Morgan fingerprint density at radius 2 is 1.21 bits per heavy atom. The summed E-state index contributed by atoms with van der Waals surface area (Å²) in [5, 5.41) is 0. The highest BCUT2D eigenvalue weighted by Crippen LogP contribution is 2.20. The lowest BCUT2D eigenvalue weighted by atomic mass is 10.1. The molecular weight excluding hydrogens is 396 g/mol. The molecule has 0 aliphatic carbocycles. The first kappa shape index (κ1) is 20.7. The third-order valence-electron chi connectivity index (χ3n) is 4.38. The molecule has 4 nitrogen and oxygen atoms in total. The number of sulfone groups is 1. The Morgan fingerprint density at radius 3 is 1.62 bits per heavy atom. The second-order valence-corrected chi connectivity index (χ2v) is 8.38. The van der Waals surface area contributed by atoms with Crippen molar-refractivity contribution in [3.05, 3.63) is 102 Å². The van der Waals surface area contributed by atoms with Crippen molar-refractivity contribution in [3.63, 3.8) is 0 Å². The molecule has 29 heavy (non-hydrogen) atoms. The third-order valence-corrected chi connectivity index (χ3v) is 5.78. The summed E-state index contributed by atoms with van der Waals surface area (Å²) in [5.41, 5.74) is 2.10. The number of halogens is 2. The molecule has 3 rings (SSSR count). The average Bonchev–Trinajstić information content (AvgIpc) is 2.74. The number of benzene rings is 3. The molecule has 0 spiro atoms. The zero-order chi connectivity index (χ0) is 20.9. The van der Waals surface area contributed by atoms with Crippen LogP contribution in [0.1, 0.15) is 21.5 Å². The van der Waals surface area contributed by atoms with Crippen molar-refractivity contribution in [1.29, 1.82) is 0 Å². The molecule has 0 unspecified atom stereocenters. The number of carbonyl (C=O) groups excluding carboxylic acids is 1. The minimum absolute atomic E-state index is 0.227. The number of rotatable bonds is 7. The summed E-state index contributed by atoms with van der Waals surface area (Å²) in [4.78, 5) is 14.2. The standard InChI is InChI=1S/C22H19F2NO3S/c23-22(24)29(27,28)20-13-11-19(12-14-20)21(26)25(15-17-7-3-1-4-8-17)16-18-9-5-2-6-10-18/h1-14,22H,15-16H2. The summed E-state index contributed by atoms with van der Waals surface area (Å²) in [6.07, 6.45) is 0. The van der Waals surface area contributed by atoms with Gasteiger partial charge >= 0.3 is 5.76 Å². The topological polar surface area (TPSA) is 54.5 Å². The lowest BCUT2D eigenvalue weighted by Crippen LogP contribution is -2.30. The van der Waals surface area contributed by atoms with E-state index in [9.17, 15) is 22.0 Å². The van der Waals surface area contributed by atoms with Crippen LogP contribution in [0.25, 0.3) is 0 Å². The van der Waals surface area contributed by atoms with Crippen molar-refractivity contribution < 1.29 is 22.0 Å². The van der Waals surface area contributed by atoms with Crippen LogP contribution in [0.2, 0.25) is 0 Å². The zero-order valence-corrected chi connectivity index (χ0v) is 16.2. The Labute approximate surface area is 168 Å². The van der Waals surface area contributed by atoms with E-state index in [1.54, 1.807) is 4.90 Å². The summed E-state index contributed by atoms with van der Waals surface area (Å²) in [5.74, 6) is -3.82. The number of nitrogens with zero attached hydrogens (tertiary/aromatic N) is 1. The Kier molecular flexibility index (Phi) is 6.39. The van der Waals surface area contributed by atoms with Gasteiger partial charge in [0, 0.05) is 18.7 Å². The SMILES string of the molecule is O=C(c1ccc(S(=O)(=O)C(F)F)cc1)N(Cc1ccccc1)Cc1ccccc1. The Hall–Kier alpha value is -3.06. The Morgan fingerprint density at radius 1 is 0.759 bits per heavy atom. The van der Waals surface area contributed by atoms with Crippen LogP contribution in [0.5, 0.6) is 0 Å². The van der Waals surface area contributed by atoms with Gasteiger partial charge in [0.15, 0.2) is 0 Å². The lowest BCUT2D eigenvalue weighted by molar-refractivity contribution is 0.0730. The first-order valence-electron chi connectivity index (χ1n) is 8.87. The maximum Gasteiger partial charge on any atom is 0.341 e. The molecule has 0 saturated heterocycles. The number of amides is 1. The van der Waals surface area contributed by atoms with Gasteiger partial charge in [-0.15, -0.1) is 0 Å². The molecule has 0 radical (unpaired) electrons. The smallest absolute Gasteiger partial charge is 0.330 e. The van der Waals surface area contributed by atoms with Crippen molar-refractivity contribution in [2.75, 3.05) is 0 Å². The van der Waals surface area contributed by atoms with Gasteiger partial charge < -0.3 is 4.90 Å². The summed E-state index contributed by atoms with van der Waals surface area (Å²) in [6.45, 7) is 0.706. The summed E-state index contributed by atoms with van der Waals surface area (Å²) >= 11 is 0. The molecule has 150 valence electrons. The van der Waals surface area contributed by atoms with E-state index in [0.29, 0.717) is 13.1 Å². The highest BCUT2D eigenvalue weighted by atomic mass is 32.2. The second kappa shape index (κ2) is 8.96. The zero-order valence-electron chi connectivity index (χ0n) is 15.4. The first-order chi connectivity index (χ1) is 13.9. The second-order valence-electron chi connectivity index (χ2n) is 6.46. The van der Waals surface area contributed by atoms with Crippen molar-refractivity contribution >= 4 is 15.7 Å². The van der Waals surface area contributed by atoms with Crippen LogP contribution in [0.4, 0.5) is 8.78 Å². The largest absolute Gasteiger partial charge is 0.341 e. The van der Waals surface area contributed by atoms with Crippen LogP contribution < -0.4 is 0 Å². The maximum atomic E-state index is 13.1. The molecule has 3 aromatic carbocycles. The molecular formula is C22H19F2NO3S. The van der Waals surface area contributed by atoms with E-state index in [4.69, 9.17) is 0 Å². The quantitative estimate of drug-likeness (QED) is 0.570. The van der Waals surface area contributed by atoms with Crippen LogP contribution in [0, 0.1) is 0 Å². The fraction of sp³-hybridized carbons (Fsp3) is 0.136. The minimum Gasteiger partial charge on any atom is -0.330 e. The van der Waals surface area contributed by atoms with E-state index >= 15 is 0 Å². The fourth-order valence-corrected chi connectivity index (χ4v) is 3.60. The van der Waals surface area contributed by atoms with E-state index < -0.39 is 20.5 Å². The molecule has 0 heterocycles. The summed E-state index contributed by atoms with van der Waals surface area (Å²) < 4.78 is 48.6. The number of alkyl halides is 2. The van der Waals surface area contributed by atoms with E-state index in [0.717, 1.165) is 23.3 Å². The van der Waals surface area contributed by atoms with Crippen molar-refractivity contribution in [3.8, 4) is 0 Å². The van der Waals surface area contributed by atoms with Gasteiger partial charge in [0.2, 0.25) is 9.84 Å². The lowest BCUT2D eigenvalue weighted by Gasteiger charge is -2.23. The molecule has 0 atom stereocenters. The average molecular weight is 415 g/mol. The van der Waals surface area contributed by atoms with Gasteiger partial charge in [-0.3, -0.25) is 4.79 Å². The first-order valence-corrected chi connectivity index (χ1v) is 10.4. The molecule has 0 bridgehead atoms. The maximum absolute atomic E-state index is 13.1. The van der Waals surface area contributed by atoms with Gasteiger partial charge in [-0.05, 0) is 35.4 Å². The molecule has 0 aliphatic rings. The Balaban J connectivity index is 1.87. The van der Waals surface area contributed by atoms with Gasteiger partial charge in [-0.25, -0.2) is 8.42 Å². The molecule has 3 aromatic rings. The van der Waals surface area contributed by atoms with E-state index in [2.05, 4.69) is 0 Å².